The summed E-state index contributed by atoms with van der Waals surface area (Å²) in [6, 6.07) is 0. The van der Waals surface area contributed by atoms with Crippen LogP contribution in [-0.2, 0) is 16.1 Å². The lowest BCUT2D eigenvalue weighted by Gasteiger charge is -2.14. The summed E-state index contributed by atoms with van der Waals surface area (Å²) in [6.45, 7) is 1.54. The van der Waals surface area contributed by atoms with E-state index in [0.717, 1.165) is 36.7 Å². The first-order chi connectivity index (χ1) is 12.7. The van der Waals surface area contributed by atoms with Gasteiger partial charge in [-0.1, -0.05) is 56.4 Å². The highest BCUT2D eigenvalue weighted by Gasteiger charge is 2.44. The topological polar surface area (TPSA) is 55.2 Å². The van der Waals surface area contributed by atoms with Crippen LogP contribution in [0.25, 0.3) is 0 Å². The number of carbonyl (C=O) groups excluding carboxylic acids is 2. The van der Waals surface area contributed by atoms with E-state index < -0.39 is 0 Å². The maximum atomic E-state index is 12.3. The first-order valence-electron chi connectivity index (χ1n) is 9.55. The molecule has 2 heterocycles. The Morgan fingerprint density at radius 1 is 0.846 bits per heavy atom. The van der Waals surface area contributed by atoms with Crippen LogP contribution in [0, 0.1) is 11.8 Å². The number of hydrogen-bond acceptors (Lipinski definition) is 3. The van der Waals surface area contributed by atoms with E-state index in [1.165, 1.54) is 24.2 Å². The van der Waals surface area contributed by atoms with Gasteiger partial charge in [0, 0.05) is 19.3 Å². The molecule has 2 aliphatic rings. The molecule has 2 unspecified atom stereocenters. The lowest BCUT2D eigenvalue weighted by Crippen LogP contribution is -2.31. The molecule has 140 valence electrons. The predicted octanol–water partition coefficient (Wildman–Crippen LogP) is 4.10. The molecule has 1 aromatic rings. The van der Waals surface area contributed by atoms with E-state index in [2.05, 4.69) is 21.0 Å². The number of halogens is 1. The third-order valence-electron chi connectivity index (χ3n) is 5.11. The number of rotatable bonds is 10. The molecule has 2 atom stereocenters. The average Bonchev–Trinajstić information content (AvgIpc) is 3.17. The van der Waals surface area contributed by atoms with Crippen molar-refractivity contribution in [1.29, 1.82) is 0 Å². The lowest BCUT2D eigenvalue weighted by atomic mass is 9.91. The number of fused-ring (bicyclic) bond motifs is 1. The van der Waals surface area contributed by atoms with Crippen LogP contribution in [0.5, 0.6) is 0 Å². The molecular formula is C20H26BrN3O2. The first kappa shape index (κ1) is 19.1. The molecule has 6 heteroatoms. The normalized spacial score (nSPS) is 21.7. The Bertz CT molecular complexity index is 665. The number of hydrogen-bond donors (Lipinski definition) is 0. The van der Waals surface area contributed by atoms with E-state index in [0.29, 0.717) is 6.54 Å². The Morgan fingerprint density at radius 3 is 1.92 bits per heavy atom. The molecule has 0 N–H and O–H groups in total. The van der Waals surface area contributed by atoms with E-state index in [1.807, 2.05) is 41.4 Å². The second kappa shape index (κ2) is 9.31. The minimum absolute atomic E-state index is 0.0224. The molecule has 2 amide bonds. The van der Waals surface area contributed by atoms with Crippen molar-refractivity contribution in [2.75, 3.05) is 6.54 Å². The molecule has 0 aromatic carbocycles. The summed E-state index contributed by atoms with van der Waals surface area (Å²) in [7, 11) is 0. The summed E-state index contributed by atoms with van der Waals surface area (Å²) in [5.41, 5.74) is 0. The maximum absolute atomic E-state index is 12.3. The fraction of sp³-hybridized carbons (Fsp3) is 0.550. The van der Waals surface area contributed by atoms with Gasteiger partial charge in [0.15, 0.2) is 0 Å². The number of imide groups is 1. The Labute approximate surface area is 163 Å². The Hall–Kier alpha value is -1.69. The molecule has 1 saturated heterocycles. The Morgan fingerprint density at radius 2 is 1.38 bits per heavy atom. The highest BCUT2D eigenvalue weighted by Crippen LogP contribution is 2.31. The highest BCUT2D eigenvalue weighted by molar-refractivity contribution is 9.10. The molecule has 1 aromatic heterocycles. The monoisotopic (exact) mass is 419 g/mol. The molecule has 5 nitrogen and oxygen atoms in total. The quantitative estimate of drug-likeness (QED) is 0.423. The standard InChI is InChI=1S/C20H26BrN3O2/c21-16-14-22-23(15-16)12-8-4-2-1-3-5-9-13-24-19(25)17-10-6-7-11-18(17)20(24)26/h6-7,10-11,14-15,17-18H,1-5,8-9,12-13H2. The summed E-state index contributed by atoms with van der Waals surface area (Å²) < 4.78 is 3.00. The van der Waals surface area contributed by atoms with Crippen molar-refractivity contribution in [3.8, 4) is 0 Å². The van der Waals surface area contributed by atoms with Gasteiger partial charge in [0.25, 0.3) is 0 Å². The van der Waals surface area contributed by atoms with Crippen LogP contribution >= 0.6 is 15.9 Å². The molecule has 1 aliphatic carbocycles. The van der Waals surface area contributed by atoms with Crippen LogP contribution in [0.2, 0.25) is 0 Å². The number of likely N-dealkylation sites (tertiary alicyclic amines) is 1. The third-order valence-corrected chi connectivity index (χ3v) is 5.52. The van der Waals surface area contributed by atoms with Gasteiger partial charge in [-0.25, -0.2) is 0 Å². The Kier molecular flexibility index (Phi) is 6.83. The average molecular weight is 420 g/mol. The summed E-state index contributed by atoms with van der Waals surface area (Å²) in [4.78, 5) is 26.1. The summed E-state index contributed by atoms with van der Waals surface area (Å²) in [5, 5.41) is 4.25. The second-order valence-corrected chi connectivity index (χ2v) is 7.96. The molecule has 0 spiro atoms. The van der Waals surface area contributed by atoms with Crippen LogP contribution in [0.4, 0.5) is 0 Å². The van der Waals surface area contributed by atoms with Gasteiger partial charge in [-0.3, -0.25) is 19.2 Å². The fourth-order valence-corrected chi connectivity index (χ4v) is 3.98. The second-order valence-electron chi connectivity index (χ2n) is 7.05. The number of aryl methyl sites for hydroxylation is 1. The van der Waals surface area contributed by atoms with E-state index in [-0.39, 0.29) is 23.7 Å². The van der Waals surface area contributed by atoms with Crippen molar-refractivity contribution in [1.82, 2.24) is 14.7 Å². The largest absolute Gasteiger partial charge is 0.282 e. The first-order valence-corrected chi connectivity index (χ1v) is 10.3. The third kappa shape index (κ3) is 4.72. The van der Waals surface area contributed by atoms with Crippen LogP contribution in [0.3, 0.4) is 0 Å². The van der Waals surface area contributed by atoms with E-state index in [9.17, 15) is 9.59 Å². The fourth-order valence-electron chi connectivity index (χ4n) is 3.66. The van der Waals surface area contributed by atoms with Gasteiger partial charge in [0.2, 0.25) is 11.8 Å². The van der Waals surface area contributed by atoms with Gasteiger partial charge < -0.3 is 0 Å². The van der Waals surface area contributed by atoms with Crippen LogP contribution in [0.1, 0.15) is 44.9 Å². The zero-order valence-corrected chi connectivity index (χ0v) is 16.6. The highest BCUT2D eigenvalue weighted by atomic mass is 79.9. The number of carbonyl (C=O) groups is 2. The molecular weight excluding hydrogens is 394 g/mol. The van der Waals surface area contributed by atoms with E-state index in [4.69, 9.17) is 0 Å². The molecule has 1 aliphatic heterocycles. The van der Waals surface area contributed by atoms with Gasteiger partial charge in [-0.2, -0.15) is 5.10 Å². The van der Waals surface area contributed by atoms with E-state index >= 15 is 0 Å². The Balaban J connectivity index is 1.23. The number of allylic oxidation sites excluding steroid dienone is 2. The van der Waals surface area contributed by atoms with E-state index in [1.54, 1.807) is 0 Å². The summed E-state index contributed by atoms with van der Waals surface area (Å²) in [5.74, 6) is -0.567. The van der Waals surface area contributed by atoms with Crippen molar-refractivity contribution >= 4 is 27.7 Å². The zero-order chi connectivity index (χ0) is 18.4. The maximum Gasteiger partial charge on any atom is 0.237 e. The van der Waals surface area contributed by atoms with Crippen molar-refractivity contribution in [3.63, 3.8) is 0 Å². The number of unbranched alkanes of at least 4 members (excludes halogenated alkanes) is 6. The summed E-state index contributed by atoms with van der Waals surface area (Å²) in [6.07, 6.45) is 19.2. The van der Waals surface area contributed by atoms with Crippen molar-refractivity contribution in [3.05, 3.63) is 41.2 Å². The van der Waals surface area contributed by atoms with Crippen molar-refractivity contribution in [2.45, 2.75) is 51.5 Å². The van der Waals surface area contributed by atoms with Crippen molar-refractivity contribution in [2.24, 2.45) is 11.8 Å². The van der Waals surface area contributed by atoms with Crippen LogP contribution in [0.15, 0.2) is 41.2 Å². The molecule has 26 heavy (non-hydrogen) atoms. The number of amides is 2. The number of aromatic nitrogens is 2. The van der Waals surface area contributed by atoms with Gasteiger partial charge in [-0.05, 0) is 28.8 Å². The van der Waals surface area contributed by atoms with Crippen LogP contribution in [-0.4, -0.2) is 33.0 Å². The number of nitrogens with zero attached hydrogens (tertiary/aromatic N) is 3. The molecule has 0 radical (unpaired) electrons. The van der Waals surface area contributed by atoms with Gasteiger partial charge in [0.05, 0.1) is 22.5 Å². The SMILES string of the molecule is O=C1C2C=CC=CC2C(=O)N1CCCCCCCCCn1cc(Br)cn1. The van der Waals surface area contributed by atoms with Crippen LogP contribution < -0.4 is 0 Å². The lowest BCUT2D eigenvalue weighted by molar-refractivity contribution is -0.139. The predicted molar refractivity (Wildman–Crippen MR) is 104 cm³/mol. The molecule has 3 rings (SSSR count). The molecule has 1 fully saturated rings. The van der Waals surface area contributed by atoms with Crippen molar-refractivity contribution < 1.29 is 9.59 Å². The minimum Gasteiger partial charge on any atom is -0.282 e. The minimum atomic E-state index is -0.261. The van der Waals surface area contributed by atoms with Gasteiger partial charge >= 0.3 is 0 Å². The molecule has 0 saturated carbocycles. The smallest absolute Gasteiger partial charge is 0.237 e. The zero-order valence-electron chi connectivity index (χ0n) is 15.0. The van der Waals surface area contributed by atoms with Gasteiger partial charge in [-0.15, -0.1) is 0 Å². The summed E-state index contributed by atoms with van der Waals surface area (Å²) >= 11 is 3.40. The van der Waals surface area contributed by atoms with Gasteiger partial charge in [0.1, 0.15) is 0 Å². The molecule has 0 bridgehead atoms.